The third kappa shape index (κ3) is 3.66. The number of hydrogen-bond donors (Lipinski definition) is 1. The highest BCUT2D eigenvalue weighted by Gasteiger charge is 2.41. The first-order valence-electron chi connectivity index (χ1n) is 13.8. The van der Waals surface area contributed by atoms with Gasteiger partial charge in [0.1, 0.15) is 0 Å². The molecule has 3 aromatic rings. The van der Waals surface area contributed by atoms with Gasteiger partial charge in [-0.15, -0.1) is 0 Å². The summed E-state index contributed by atoms with van der Waals surface area (Å²) in [6.45, 7) is 14.5. The molecular weight excluding hydrogens is 452 g/mol. The van der Waals surface area contributed by atoms with E-state index in [1.54, 1.807) is 0 Å². The summed E-state index contributed by atoms with van der Waals surface area (Å²) in [4.78, 5) is 16.5. The van der Waals surface area contributed by atoms with Gasteiger partial charge >= 0.3 is 0 Å². The van der Waals surface area contributed by atoms with Crippen molar-refractivity contribution in [1.82, 2.24) is 0 Å². The number of nitrogens with one attached hydrogen (secondary N) is 1. The maximum absolute atomic E-state index is 14.1. The van der Waals surface area contributed by atoms with E-state index in [4.69, 9.17) is 0 Å². The Morgan fingerprint density at radius 1 is 0.946 bits per heavy atom. The summed E-state index contributed by atoms with van der Waals surface area (Å²) in [5.74, 6) is 0.175. The Bertz CT molecular complexity index is 1440. The average Bonchev–Trinajstić information content (AvgIpc) is 2.87. The van der Waals surface area contributed by atoms with Gasteiger partial charge in [-0.3, -0.25) is 4.79 Å². The number of fused-ring (bicyclic) bond motifs is 4. The van der Waals surface area contributed by atoms with Crippen molar-refractivity contribution in [2.75, 3.05) is 16.8 Å². The van der Waals surface area contributed by atoms with Crippen LogP contribution in [-0.2, 0) is 11.8 Å². The van der Waals surface area contributed by atoms with Crippen LogP contribution in [0.2, 0.25) is 0 Å². The maximum Gasteiger partial charge on any atom is 0.193 e. The number of likely N-dealkylation sites (N-methyl/N-ethyl adjacent to an activating group) is 1. The molecule has 3 nitrogen and oxygen atoms in total. The Morgan fingerprint density at radius 2 is 1.65 bits per heavy atom. The molecule has 1 unspecified atom stereocenters. The number of hydrogen-bond acceptors (Lipinski definition) is 3. The highest BCUT2D eigenvalue weighted by Crippen LogP contribution is 2.49. The average molecular weight is 491 g/mol. The molecule has 3 heteroatoms. The van der Waals surface area contributed by atoms with Crippen LogP contribution in [0.1, 0.15) is 104 Å². The SMILES string of the molecule is CCN1c2cc3c(cc2C(C)=CC1(C)C)C(=O)c1cc2c(cc1C3(C)C)C(Nc1ccccc1)CCC2. The number of ketones is 1. The first-order valence-corrected chi connectivity index (χ1v) is 13.8. The first kappa shape index (κ1) is 24.0. The summed E-state index contributed by atoms with van der Waals surface area (Å²) < 4.78 is 0. The molecule has 0 fully saturated rings. The Balaban J connectivity index is 1.49. The predicted octanol–water partition coefficient (Wildman–Crippen LogP) is 8.07. The fourth-order valence-electron chi connectivity index (χ4n) is 7.14. The van der Waals surface area contributed by atoms with E-state index in [2.05, 4.69) is 112 Å². The van der Waals surface area contributed by atoms with Crippen molar-refractivity contribution in [3.63, 3.8) is 0 Å². The van der Waals surface area contributed by atoms with Crippen molar-refractivity contribution < 1.29 is 4.79 Å². The van der Waals surface area contributed by atoms with Gasteiger partial charge in [0.2, 0.25) is 0 Å². The van der Waals surface area contributed by atoms with E-state index in [1.165, 1.54) is 28.0 Å². The molecule has 0 spiro atoms. The van der Waals surface area contributed by atoms with Crippen LogP contribution in [0.5, 0.6) is 0 Å². The van der Waals surface area contributed by atoms with Gasteiger partial charge < -0.3 is 10.2 Å². The molecule has 0 saturated carbocycles. The lowest BCUT2D eigenvalue weighted by Gasteiger charge is -2.45. The summed E-state index contributed by atoms with van der Waals surface area (Å²) in [7, 11) is 0. The third-order valence-electron chi connectivity index (χ3n) is 8.98. The van der Waals surface area contributed by atoms with E-state index in [9.17, 15) is 4.79 Å². The molecule has 1 aliphatic heterocycles. The van der Waals surface area contributed by atoms with Gasteiger partial charge in [0, 0.05) is 40.0 Å². The van der Waals surface area contributed by atoms with Gasteiger partial charge in [-0.05, 0) is 105 Å². The van der Waals surface area contributed by atoms with Gasteiger partial charge in [-0.1, -0.05) is 44.2 Å². The lowest BCUT2D eigenvalue weighted by atomic mass is 9.66. The molecule has 3 aliphatic rings. The van der Waals surface area contributed by atoms with Crippen molar-refractivity contribution in [2.45, 2.75) is 77.8 Å². The number of carbonyl (C=O) groups is 1. The van der Waals surface area contributed by atoms with Gasteiger partial charge in [0.05, 0.1) is 11.6 Å². The highest BCUT2D eigenvalue weighted by molar-refractivity contribution is 6.14. The van der Waals surface area contributed by atoms with E-state index in [1.807, 2.05) is 0 Å². The summed E-state index contributed by atoms with van der Waals surface area (Å²) in [5.41, 5.74) is 11.3. The van der Waals surface area contributed by atoms with E-state index in [0.29, 0.717) is 0 Å². The quantitative estimate of drug-likeness (QED) is 0.403. The predicted molar refractivity (Wildman–Crippen MR) is 155 cm³/mol. The van der Waals surface area contributed by atoms with Gasteiger partial charge in [0.25, 0.3) is 0 Å². The molecule has 1 atom stereocenters. The summed E-state index contributed by atoms with van der Waals surface area (Å²) in [6, 6.07) is 19.8. The topological polar surface area (TPSA) is 32.3 Å². The van der Waals surface area contributed by atoms with Crippen molar-refractivity contribution in [1.29, 1.82) is 0 Å². The minimum atomic E-state index is -0.268. The third-order valence-corrected chi connectivity index (χ3v) is 8.98. The van der Waals surface area contributed by atoms with Crippen LogP contribution in [0, 0.1) is 0 Å². The molecule has 0 amide bonds. The van der Waals surface area contributed by atoms with Crippen LogP contribution in [-0.4, -0.2) is 17.9 Å². The van der Waals surface area contributed by atoms with Crippen LogP contribution >= 0.6 is 0 Å². The van der Waals surface area contributed by atoms with Crippen LogP contribution in [0.15, 0.2) is 60.7 Å². The van der Waals surface area contributed by atoms with Crippen LogP contribution in [0.3, 0.4) is 0 Å². The molecular formula is C34H38N2O. The lowest BCUT2D eigenvalue weighted by Crippen LogP contribution is -2.45. The second-order valence-electron chi connectivity index (χ2n) is 12.1. The molecule has 3 aromatic carbocycles. The number of carbonyl (C=O) groups excluding carboxylic acids is 1. The zero-order valence-corrected chi connectivity index (χ0v) is 23.0. The van der Waals surface area contributed by atoms with Gasteiger partial charge in [0.15, 0.2) is 5.78 Å². The second-order valence-corrected chi connectivity index (χ2v) is 12.1. The lowest BCUT2D eigenvalue weighted by molar-refractivity contribution is 0.103. The standard InChI is InChI=1S/C34H38N2O/c1-7-36-31-19-29-27(17-24(31)21(2)20-33(36,3)4)32(37)26-16-22-12-11-15-30(35-23-13-9-8-10-14-23)25(22)18-28(26)34(29,5)6/h8-10,13-14,16-20,30,35H,7,11-12,15H2,1-6H3. The van der Waals surface area contributed by atoms with Crippen LogP contribution < -0.4 is 10.2 Å². The van der Waals surface area contributed by atoms with Crippen LogP contribution in [0.25, 0.3) is 5.57 Å². The van der Waals surface area contributed by atoms with Crippen molar-refractivity contribution in [3.8, 4) is 0 Å². The van der Waals surface area contributed by atoms with Crippen molar-refractivity contribution in [2.24, 2.45) is 0 Å². The number of allylic oxidation sites excluding steroid dienone is 1. The summed E-state index contributed by atoms with van der Waals surface area (Å²) in [6.07, 6.45) is 5.60. The second kappa shape index (κ2) is 8.34. The van der Waals surface area contributed by atoms with Gasteiger partial charge in [-0.25, -0.2) is 0 Å². The largest absolute Gasteiger partial charge is 0.378 e. The highest BCUT2D eigenvalue weighted by atomic mass is 16.1. The summed E-state index contributed by atoms with van der Waals surface area (Å²) in [5, 5.41) is 3.77. The zero-order valence-electron chi connectivity index (χ0n) is 23.0. The molecule has 37 heavy (non-hydrogen) atoms. The fourth-order valence-corrected chi connectivity index (χ4v) is 7.14. The number of rotatable bonds is 3. The van der Waals surface area contributed by atoms with E-state index in [-0.39, 0.29) is 22.8 Å². The molecule has 190 valence electrons. The monoisotopic (exact) mass is 490 g/mol. The Kier molecular flexibility index (Phi) is 5.42. The first-order chi connectivity index (χ1) is 17.6. The normalized spacial score (nSPS) is 20.8. The number of anilines is 2. The minimum Gasteiger partial charge on any atom is -0.378 e. The van der Waals surface area contributed by atoms with Crippen LogP contribution in [0.4, 0.5) is 11.4 Å². The molecule has 2 aliphatic carbocycles. The van der Waals surface area contributed by atoms with E-state index < -0.39 is 0 Å². The smallest absolute Gasteiger partial charge is 0.193 e. The molecule has 1 heterocycles. The fraction of sp³-hybridized carbons (Fsp3) is 0.382. The van der Waals surface area contributed by atoms with Crippen molar-refractivity contribution >= 4 is 22.7 Å². The molecule has 0 saturated heterocycles. The molecule has 0 bridgehead atoms. The molecule has 1 N–H and O–H groups in total. The van der Waals surface area contributed by atoms with E-state index in [0.717, 1.165) is 53.7 Å². The number of aryl methyl sites for hydroxylation is 1. The van der Waals surface area contributed by atoms with E-state index >= 15 is 0 Å². The minimum absolute atomic E-state index is 0.0593. The summed E-state index contributed by atoms with van der Waals surface area (Å²) >= 11 is 0. The number of nitrogens with zero attached hydrogens (tertiary/aromatic N) is 1. The zero-order chi connectivity index (χ0) is 26.1. The Morgan fingerprint density at radius 3 is 2.38 bits per heavy atom. The maximum atomic E-state index is 14.1. The van der Waals surface area contributed by atoms with Crippen molar-refractivity contribution in [3.05, 3.63) is 99.6 Å². The Hall–Kier alpha value is -3.33. The molecule has 0 radical (unpaired) electrons. The van der Waals surface area contributed by atoms with Gasteiger partial charge in [-0.2, -0.15) is 0 Å². The molecule has 6 rings (SSSR count). The molecule has 0 aromatic heterocycles. The Labute approximate surface area is 221 Å². The number of benzene rings is 3. The number of para-hydroxylation sites is 1.